The summed E-state index contributed by atoms with van der Waals surface area (Å²) in [4.78, 5) is 10.8. The average molecular weight is 214 g/mol. The molecule has 0 unspecified atom stereocenters. The summed E-state index contributed by atoms with van der Waals surface area (Å²) in [5, 5.41) is 3.44. The normalized spacial score (nSPS) is 9.64. The molecule has 1 N–H and O–H groups in total. The van der Waals surface area contributed by atoms with Crippen LogP contribution in [-0.4, -0.2) is 19.9 Å². The minimum Gasteiger partial charge on any atom is -0.491 e. The predicted molar refractivity (Wildman–Crippen MR) is 57.6 cm³/mol. The molecule has 14 heavy (non-hydrogen) atoms. The number of benzene rings is 1. The van der Waals surface area contributed by atoms with Gasteiger partial charge in [-0.2, -0.15) is 0 Å². The van der Waals surface area contributed by atoms with Gasteiger partial charge in [0.15, 0.2) is 12.0 Å². The lowest BCUT2D eigenvalue weighted by molar-refractivity contribution is 0.112. The summed E-state index contributed by atoms with van der Waals surface area (Å²) < 4.78 is 5.35. The fourth-order valence-corrected chi connectivity index (χ4v) is 1.42. The van der Waals surface area contributed by atoms with Crippen LogP contribution in [0.1, 0.15) is 17.3 Å². The van der Waals surface area contributed by atoms with Gasteiger partial charge in [-0.15, -0.1) is 0 Å². The van der Waals surface area contributed by atoms with Crippen molar-refractivity contribution in [1.29, 1.82) is 0 Å². The molecule has 76 valence electrons. The van der Waals surface area contributed by atoms with Crippen molar-refractivity contribution < 1.29 is 9.53 Å². The van der Waals surface area contributed by atoms with Crippen molar-refractivity contribution in [3.05, 3.63) is 22.7 Å². The smallest absolute Gasteiger partial charge is 0.153 e. The average Bonchev–Trinajstić information content (AvgIpc) is 2.20. The summed E-state index contributed by atoms with van der Waals surface area (Å²) in [6, 6.07) is 3.31. The van der Waals surface area contributed by atoms with Gasteiger partial charge in [0, 0.05) is 12.1 Å². The molecule has 3 nitrogen and oxygen atoms in total. The molecule has 0 aliphatic heterocycles. The van der Waals surface area contributed by atoms with Gasteiger partial charge in [-0.3, -0.25) is 4.79 Å². The van der Waals surface area contributed by atoms with Gasteiger partial charge in [0.2, 0.25) is 0 Å². The summed E-state index contributed by atoms with van der Waals surface area (Å²) in [6.07, 6.45) is 0.734. The second-order valence-corrected chi connectivity index (χ2v) is 3.11. The van der Waals surface area contributed by atoms with Crippen LogP contribution in [0.15, 0.2) is 12.1 Å². The Morgan fingerprint density at radius 2 is 2.29 bits per heavy atom. The lowest BCUT2D eigenvalue weighted by atomic mass is 10.2. The Morgan fingerprint density at radius 1 is 1.57 bits per heavy atom. The van der Waals surface area contributed by atoms with Gasteiger partial charge in [0.1, 0.15) is 0 Å². The van der Waals surface area contributed by atoms with Gasteiger partial charge >= 0.3 is 0 Å². The monoisotopic (exact) mass is 213 g/mol. The highest BCUT2D eigenvalue weighted by Gasteiger charge is 2.09. The topological polar surface area (TPSA) is 38.3 Å². The fraction of sp³-hybridized carbons (Fsp3) is 0.300. The quantitative estimate of drug-likeness (QED) is 0.782. The Hall–Kier alpha value is -1.22. The van der Waals surface area contributed by atoms with Crippen molar-refractivity contribution in [2.24, 2.45) is 0 Å². The van der Waals surface area contributed by atoms with Crippen LogP contribution in [0.4, 0.5) is 5.69 Å². The third-order valence-electron chi connectivity index (χ3n) is 1.77. The molecular weight excluding hydrogens is 202 g/mol. The first kappa shape index (κ1) is 10.9. The molecule has 0 atom stereocenters. The third-order valence-corrected chi connectivity index (χ3v) is 1.99. The molecule has 1 aromatic carbocycles. The number of rotatable bonds is 4. The van der Waals surface area contributed by atoms with Crippen molar-refractivity contribution in [2.45, 2.75) is 6.92 Å². The van der Waals surface area contributed by atoms with E-state index >= 15 is 0 Å². The molecule has 1 aromatic rings. The van der Waals surface area contributed by atoms with E-state index < -0.39 is 0 Å². The number of ether oxygens (including phenoxy) is 1. The van der Waals surface area contributed by atoms with Gasteiger partial charge in [-0.05, 0) is 19.1 Å². The maximum atomic E-state index is 10.8. The number of hydrogen-bond donors (Lipinski definition) is 1. The van der Waals surface area contributed by atoms with E-state index in [9.17, 15) is 4.79 Å². The number of anilines is 1. The zero-order chi connectivity index (χ0) is 10.6. The van der Waals surface area contributed by atoms with Crippen molar-refractivity contribution in [1.82, 2.24) is 0 Å². The zero-order valence-corrected chi connectivity index (χ0v) is 8.89. The van der Waals surface area contributed by atoms with E-state index in [4.69, 9.17) is 16.3 Å². The number of hydrogen-bond acceptors (Lipinski definition) is 3. The van der Waals surface area contributed by atoms with E-state index in [0.29, 0.717) is 22.9 Å². The SMILES string of the molecule is CCOc1c(C=O)cc(Cl)cc1NC. The van der Waals surface area contributed by atoms with Crippen LogP contribution in [0.2, 0.25) is 5.02 Å². The van der Waals surface area contributed by atoms with Crippen molar-refractivity contribution in [3.8, 4) is 5.75 Å². The van der Waals surface area contributed by atoms with Crippen LogP contribution in [0.3, 0.4) is 0 Å². The summed E-state index contributed by atoms with van der Waals surface area (Å²) in [6.45, 7) is 2.37. The molecule has 0 aromatic heterocycles. The van der Waals surface area contributed by atoms with Crippen LogP contribution >= 0.6 is 11.6 Å². The van der Waals surface area contributed by atoms with Gasteiger partial charge in [-0.1, -0.05) is 11.6 Å². The Labute approximate surface area is 88.0 Å². The number of nitrogens with one attached hydrogen (secondary N) is 1. The lowest BCUT2D eigenvalue weighted by Crippen LogP contribution is -2.01. The van der Waals surface area contributed by atoms with Crippen LogP contribution in [0.5, 0.6) is 5.75 Å². The molecule has 4 heteroatoms. The van der Waals surface area contributed by atoms with Crippen molar-refractivity contribution >= 4 is 23.6 Å². The predicted octanol–water partition coefficient (Wildman–Crippen LogP) is 2.59. The number of carbonyl (C=O) groups excluding carboxylic acids is 1. The minimum atomic E-state index is 0.462. The fourth-order valence-electron chi connectivity index (χ4n) is 1.19. The van der Waals surface area contributed by atoms with Crippen molar-refractivity contribution in [2.75, 3.05) is 19.0 Å². The molecule has 0 fully saturated rings. The molecule has 0 radical (unpaired) electrons. The Bertz CT molecular complexity index is 339. The van der Waals surface area contributed by atoms with Crippen LogP contribution in [0, 0.1) is 0 Å². The largest absolute Gasteiger partial charge is 0.491 e. The van der Waals surface area contributed by atoms with E-state index in [2.05, 4.69) is 5.32 Å². The highest BCUT2D eigenvalue weighted by atomic mass is 35.5. The summed E-state index contributed by atoms with van der Waals surface area (Å²) in [5.74, 6) is 0.550. The molecule has 0 spiro atoms. The maximum Gasteiger partial charge on any atom is 0.153 e. The molecule has 0 bridgehead atoms. The zero-order valence-electron chi connectivity index (χ0n) is 8.13. The molecule has 0 aliphatic carbocycles. The maximum absolute atomic E-state index is 10.8. The first-order chi connectivity index (χ1) is 6.72. The summed E-state index contributed by atoms with van der Waals surface area (Å²) in [7, 11) is 1.75. The molecule has 0 saturated heterocycles. The summed E-state index contributed by atoms with van der Waals surface area (Å²) >= 11 is 5.83. The molecule has 0 saturated carbocycles. The molecule has 0 aliphatic rings. The molecular formula is C10H12ClNO2. The van der Waals surface area contributed by atoms with E-state index in [1.54, 1.807) is 19.2 Å². The van der Waals surface area contributed by atoms with Gasteiger partial charge in [-0.25, -0.2) is 0 Å². The Kier molecular flexibility index (Phi) is 3.77. The van der Waals surface area contributed by atoms with Crippen molar-refractivity contribution in [3.63, 3.8) is 0 Å². The Morgan fingerprint density at radius 3 is 2.79 bits per heavy atom. The molecule has 1 rings (SSSR count). The van der Waals surface area contributed by atoms with Crippen LogP contribution in [-0.2, 0) is 0 Å². The van der Waals surface area contributed by atoms with E-state index in [1.165, 1.54) is 0 Å². The minimum absolute atomic E-state index is 0.462. The number of carbonyl (C=O) groups is 1. The van der Waals surface area contributed by atoms with Gasteiger partial charge < -0.3 is 10.1 Å². The van der Waals surface area contributed by atoms with Gasteiger partial charge in [0.25, 0.3) is 0 Å². The number of halogens is 1. The van der Waals surface area contributed by atoms with Crippen LogP contribution < -0.4 is 10.1 Å². The van der Waals surface area contributed by atoms with Crippen LogP contribution in [0.25, 0.3) is 0 Å². The second kappa shape index (κ2) is 4.86. The van der Waals surface area contributed by atoms with Gasteiger partial charge in [0.05, 0.1) is 17.9 Å². The second-order valence-electron chi connectivity index (χ2n) is 2.67. The molecule has 0 heterocycles. The third kappa shape index (κ3) is 2.17. The summed E-state index contributed by atoms with van der Waals surface area (Å²) in [5.41, 5.74) is 1.19. The standard InChI is InChI=1S/C10H12ClNO2/c1-3-14-10-7(6-13)4-8(11)5-9(10)12-2/h4-6,12H,3H2,1-2H3. The number of aldehydes is 1. The lowest BCUT2D eigenvalue weighted by Gasteiger charge is -2.12. The van der Waals surface area contributed by atoms with E-state index in [-0.39, 0.29) is 0 Å². The molecule has 0 amide bonds. The van der Waals surface area contributed by atoms with E-state index in [0.717, 1.165) is 12.0 Å². The van der Waals surface area contributed by atoms with E-state index in [1.807, 2.05) is 6.92 Å². The highest BCUT2D eigenvalue weighted by Crippen LogP contribution is 2.31. The Balaban J connectivity index is 3.24. The highest BCUT2D eigenvalue weighted by molar-refractivity contribution is 6.31. The first-order valence-corrected chi connectivity index (χ1v) is 4.70. The first-order valence-electron chi connectivity index (χ1n) is 4.32.